The van der Waals surface area contributed by atoms with Gasteiger partial charge in [0, 0.05) is 18.2 Å². The minimum atomic E-state index is -0.685. The van der Waals surface area contributed by atoms with Crippen molar-refractivity contribution in [2.45, 2.75) is 39.7 Å². The predicted octanol–water partition coefficient (Wildman–Crippen LogP) is 4.09. The second kappa shape index (κ2) is 8.64. The van der Waals surface area contributed by atoms with E-state index in [0.717, 1.165) is 12.8 Å². The first-order valence-corrected chi connectivity index (χ1v) is 9.89. The normalized spacial score (nSPS) is 13.3. The van der Waals surface area contributed by atoms with E-state index >= 15 is 4.39 Å². The quantitative estimate of drug-likeness (QED) is 0.738. The van der Waals surface area contributed by atoms with E-state index in [9.17, 15) is 9.59 Å². The van der Waals surface area contributed by atoms with Crippen molar-refractivity contribution in [2.24, 2.45) is 5.92 Å². The van der Waals surface area contributed by atoms with Crippen LogP contribution in [0.3, 0.4) is 0 Å². The second-order valence-electron chi connectivity index (χ2n) is 7.84. The van der Waals surface area contributed by atoms with Crippen LogP contribution in [0.15, 0.2) is 30.3 Å². The lowest BCUT2D eigenvalue weighted by Crippen LogP contribution is -2.33. The summed E-state index contributed by atoms with van der Waals surface area (Å²) in [5.74, 6) is -0.917. The van der Waals surface area contributed by atoms with E-state index in [4.69, 9.17) is 4.74 Å². The number of methoxy groups -OCH3 is 1. The number of amides is 2. The van der Waals surface area contributed by atoms with Gasteiger partial charge in [0.2, 0.25) is 0 Å². The van der Waals surface area contributed by atoms with Crippen LogP contribution in [-0.2, 0) is 0 Å². The third-order valence-electron chi connectivity index (χ3n) is 4.96. The monoisotopic (exact) mass is 398 g/mol. The first kappa shape index (κ1) is 20.8. The van der Waals surface area contributed by atoms with E-state index in [1.54, 1.807) is 26.2 Å². The molecular weight excluding hydrogens is 371 g/mol. The zero-order valence-corrected chi connectivity index (χ0v) is 17.3. The molecule has 5 nitrogen and oxygen atoms in total. The van der Waals surface area contributed by atoms with Crippen molar-refractivity contribution in [3.63, 3.8) is 0 Å². The average Bonchev–Trinajstić information content (AvgIpc) is 3.51. The second-order valence-corrected chi connectivity index (χ2v) is 7.84. The van der Waals surface area contributed by atoms with E-state index in [1.165, 1.54) is 0 Å². The van der Waals surface area contributed by atoms with Gasteiger partial charge in [-0.05, 0) is 48.9 Å². The smallest absolute Gasteiger partial charge is 0.255 e. The SMILES string of the molecule is COc1ccccc1-c1cc(C(=O)NC2CC2)c(C(=O)NCC(C)C)c(F)c1C. The molecule has 0 aliphatic heterocycles. The lowest BCUT2D eigenvalue weighted by atomic mass is 9.92. The summed E-state index contributed by atoms with van der Waals surface area (Å²) in [5, 5.41) is 5.60. The Morgan fingerprint density at radius 3 is 2.48 bits per heavy atom. The van der Waals surface area contributed by atoms with Gasteiger partial charge in [0.1, 0.15) is 11.6 Å². The Balaban J connectivity index is 2.13. The first-order chi connectivity index (χ1) is 13.8. The van der Waals surface area contributed by atoms with Gasteiger partial charge in [0.05, 0.1) is 18.2 Å². The highest BCUT2D eigenvalue weighted by Gasteiger charge is 2.30. The Hall–Kier alpha value is -2.89. The van der Waals surface area contributed by atoms with Gasteiger partial charge in [-0.1, -0.05) is 32.0 Å². The molecule has 0 aromatic heterocycles. The van der Waals surface area contributed by atoms with Crippen molar-refractivity contribution in [1.29, 1.82) is 0 Å². The maximum atomic E-state index is 15.5. The highest BCUT2D eigenvalue weighted by atomic mass is 19.1. The Bertz CT molecular complexity index is 936. The van der Waals surface area contributed by atoms with Gasteiger partial charge in [-0.2, -0.15) is 0 Å². The fraction of sp³-hybridized carbons (Fsp3) is 0.391. The number of rotatable bonds is 7. The van der Waals surface area contributed by atoms with Gasteiger partial charge in [-0.3, -0.25) is 9.59 Å². The van der Waals surface area contributed by atoms with Crippen molar-refractivity contribution in [2.75, 3.05) is 13.7 Å². The van der Waals surface area contributed by atoms with Gasteiger partial charge in [-0.25, -0.2) is 4.39 Å². The molecule has 0 atom stereocenters. The molecule has 0 radical (unpaired) electrons. The predicted molar refractivity (Wildman–Crippen MR) is 111 cm³/mol. The molecule has 2 N–H and O–H groups in total. The zero-order valence-electron chi connectivity index (χ0n) is 17.3. The van der Waals surface area contributed by atoms with Crippen LogP contribution in [0.5, 0.6) is 5.75 Å². The molecule has 29 heavy (non-hydrogen) atoms. The number of carbonyl (C=O) groups is 2. The summed E-state index contributed by atoms with van der Waals surface area (Å²) in [6.07, 6.45) is 1.79. The average molecular weight is 398 g/mol. The molecule has 0 bridgehead atoms. The van der Waals surface area contributed by atoms with Crippen LogP contribution in [0.4, 0.5) is 4.39 Å². The molecule has 154 valence electrons. The summed E-state index contributed by atoms with van der Waals surface area (Å²) in [6.45, 7) is 5.91. The van der Waals surface area contributed by atoms with E-state index in [1.807, 2.05) is 32.0 Å². The van der Waals surface area contributed by atoms with Crippen molar-refractivity contribution in [3.05, 3.63) is 52.8 Å². The van der Waals surface area contributed by atoms with Gasteiger partial charge >= 0.3 is 0 Å². The summed E-state index contributed by atoms with van der Waals surface area (Å²) in [5.41, 5.74) is 1.33. The molecule has 0 unspecified atom stereocenters. The Morgan fingerprint density at radius 2 is 1.86 bits per heavy atom. The highest BCUT2D eigenvalue weighted by Crippen LogP contribution is 2.35. The molecule has 0 spiro atoms. The number of ether oxygens (including phenoxy) is 1. The van der Waals surface area contributed by atoms with Crippen molar-refractivity contribution < 1.29 is 18.7 Å². The fourth-order valence-electron chi connectivity index (χ4n) is 3.17. The zero-order chi connectivity index (χ0) is 21.1. The number of nitrogens with one attached hydrogen (secondary N) is 2. The van der Waals surface area contributed by atoms with Crippen LogP contribution in [-0.4, -0.2) is 31.5 Å². The molecule has 3 rings (SSSR count). The van der Waals surface area contributed by atoms with Gasteiger partial charge < -0.3 is 15.4 Å². The molecule has 1 aliphatic rings. The van der Waals surface area contributed by atoms with E-state index in [-0.39, 0.29) is 23.1 Å². The summed E-state index contributed by atoms with van der Waals surface area (Å²) < 4.78 is 20.9. The standard InChI is InChI=1S/C23H27FN2O3/c1-13(2)12-25-23(28)20-18(22(27)26-15-9-10-15)11-17(14(3)21(20)24)16-7-5-6-8-19(16)29-4/h5-8,11,13,15H,9-10,12H2,1-4H3,(H,25,28)(H,26,27). The summed E-state index contributed by atoms with van der Waals surface area (Å²) in [6, 6.07) is 8.91. The van der Waals surface area contributed by atoms with Gasteiger partial charge in [0.25, 0.3) is 11.8 Å². The minimum absolute atomic E-state index is 0.0437. The van der Waals surface area contributed by atoms with Crippen LogP contribution >= 0.6 is 0 Å². The fourth-order valence-corrected chi connectivity index (χ4v) is 3.17. The summed E-state index contributed by atoms with van der Waals surface area (Å²) >= 11 is 0. The maximum Gasteiger partial charge on any atom is 0.255 e. The van der Waals surface area contributed by atoms with Crippen LogP contribution in [0.1, 0.15) is 53.0 Å². The lowest BCUT2D eigenvalue weighted by Gasteiger charge is -2.18. The van der Waals surface area contributed by atoms with Crippen molar-refractivity contribution in [3.8, 4) is 16.9 Å². The molecule has 2 aromatic carbocycles. The largest absolute Gasteiger partial charge is 0.496 e. The molecule has 2 aromatic rings. The lowest BCUT2D eigenvalue weighted by molar-refractivity contribution is 0.0912. The van der Waals surface area contributed by atoms with Gasteiger partial charge in [0.15, 0.2) is 0 Å². The van der Waals surface area contributed by atoms with Crippen molar-refractivity contribution in [1.82, 2.24) is 10.6 Å². The number of halogens is 1. The summed E-state index contributed by atoms with van der Waals surface area (Å²) in [7, 11) is 1.54. The van der Waals surface area contributed by atoms with Crippen LogP contribution in [0.2, 0.25) is 0 Å². The highest BCUT2D eigenvalue weighted by molar-refractivity contribution is 6.09. The van der Waals surface area contributed by atoms with Crippen LogP contribution < -0.4 is 15.4 Å². The molecule has 1 fully saturated rings. The van der Waals surface area contributed by atoms with Gasteiger partial charge in [-0.15, -0.1) is 0 Å². The Labute approximate surface area is 170 Å². The van der Waals surface area contributed by atoms with Crippen molar-refractivity contribution >= 4 is 11.8 Å². The molecule has 0 saturated heterocycles. The number of hydrogen-bond donors (Lipinski definition) is 2. The van der Waals surface area contributed by atoms with E-state index < -0.39 is 17.6 Å². The Kier molecular flexibility index (Phi) is 6.20. The molecule has 0 heterocycles. The molecular formula is C23H27FN2O3. The number of benzene rings is 2. The Morgan fingerprint density at radius 1 is 1.17 bits per heavy atom. The molecule has 6 heteroatoms. The number of para-hydroxylation sites is 1. The topological polar surface area (TPSA) is 67.4 Å². The third kappa shape index (κ3) is 4.58. The molecule has 1 aliphatic carbocycles. The van der Waals surface area contributed by atoms with E-state index in [0.29, 0.717) is 29.0 Å². The molecule has 2 amide bonds. The van der Waals surface area contributed by atoms with Crippen LogP contribution in [0.25, 0.3) is 11.1 Å². The molecule has 1 saturated carbocycles. The number of carbonyl (C=O) groups excluding carboxylic acids is 2. The third-order valence-corrected chi connectivity index (χ3v) is 4.96. The minimum Gasteiger partial charge on any atom is -0.496 e. The van der Waals surface area contributed by atoms with Crippen LogP contribution in [0, 0.1) is 18.7 Å². The van der Waals surface area contributed by atoms with E-state index in [2.05, 4.69) is 10.6 Å². The maximum absolute atomic E-state index is 15.5. The number of hydrogen-bond acceptors (Lipinski definition) is 3. The first-order valence-electron chi connectivity index (χ1n) is 9.89. The summed E-state index contributed by atoms with van der Waals surface area (Å²) in [4.78, 5) is 25.6.